The number of aliphatic hydroxyl groups excluding tert-OH is 1. The highest BCUT2D eigenvalue weighted by Gasteiger charge is 2.17. The molecule has 0 saturated heterocycles. The second-order valence-corrected chi connectivity index (χ2v) is 5.81. The maximum absolute atomic E-state index is 12.0. The summed E-state index contributed by atoms with van der Waals surface area (Å²) < 4.78 is 27.8. The van der Waals surface area contributed by atoms with E-state index in [4.69, 9.17) is 5.11 Å². The SMILES string of the molecule is Cn1nccc1S(=O)(=O)NCc1cccc(CO)c1. The van der Waals surface area contributed by atoms with Crippen LogP contribution in [0, 0.1) is 0 Å². The minimum Gasteiger partial charge on any atom is -0.392 e. The minimum atomic E-state index is -3.58. The Kier molecular flexibility index (Phi) is 3.98. The Morgan fingerprint density at radius 3 is 2.68 bits per heavy atom. The van der Waals surface area contributed by atoms with Crippen molar-refractivity contribution in [2.24, 2.45) is 7.05 Å². The van der Waals surface area contributed by atoms with Crippen molar-refractivity contribution in [3.8, 4) is 0 Å². The van der Waals surface area contributed by atoms with Gasteiger partial charge in [-0.2, -0.15) is 5.10 Å². The Hall–Kier alpha value is -1.70. The molecule has 1 aromatic heterocycles. The third-order valence-electron chi connectivity index (χ3n) is 2.69. The summed E-state index contributed by atoms with van der Waals surface area (Å²) in [5.41, 5.74) is 1.54. The average molecular weight is 281 g/mol. The molecule has 6 nitrogen and oxygen atoms in total. The lowest BCUT2D eigenvalue weighted by Gasteiger charge is -2.07. The first-order valence-corrected chi connectivity index (χ1v) is 7.17. The summed E-state index contributed by atoms with van der Waals surface area (Å²) in [6.07, 6.45) is 1.43. The predicted molar refractivity (Wildman–Crippen MR) is 69.6 cm³/mol. The van der Waals surface area contributed by atoms with E-state index in [0.717, 1.165) is 11.1 Å². The molecule has 1 aromatic carbocycles. The van der Waals surface area contributed by atoms with Gasteiger partial charge in [-0.3, -0.25) is 4.68 Å². The van der Waals surface area contributed by atoms with Crippen LogP contribution in [0.25, 0.3) is 0 Å². The molecular weight excluding hydrogens is 266 g/mol. The highest BCUT2D eigenvalue weighted by molar-refractivity contribution is 7.89. The normalized spacial score (nSPS) is 11.7. The molecule has 0 aliphatic carbocycles. The van der Waals surface area contributed by atoms with Crippen LogP contribution in [0.3, 0.4) is 0 Å². The Morgan fingerprint density at radius 2 is 2.05 bits per heavy atom. The van der Waals surface area contributed by atoms with Crippen LogP contribution < -0.4 is 4.72 Å². The number of hydrogen-bond donors (Lipinski definition) is 2. The first-order valence-electron chi connectivity index (χ1n) is 5.69. The van der Waals surface area contributed by atoms with Crippen LogP contribution in [0.1, 0.15) is 11.1 Å². The number of aliphatic hydroxyl groups is 1. The van der Waals surface area contributed by atoms with Crippen molar-refractivity contribution >= 4 is 10.0 Å². The summed E-state index contributed by atoms with van der Waals surface area (Å²) >= 11 is 0. The van der Waals surface area contributed by atoms with Crippen molar-refractivity contribution < 1.29 is 13.5 Å². The van der Waals surface area contributed by atoms with Gasteiger partial charge in [0.25, 0.3) is 10.0 Å². The van der Waals surface area contributed by atoms with Crippen molar-refractivity contribution in [3.05, 3.63) is 47.7 Å². The Bertz CT molecular complexity index is 664. The zero-order chi connectivity index (χ0) is 13.9. The van der Waals surface area contributed by atoms with Crippen molar-refractivity contribution in [2.45, 2.75) is 18.2 Å². The highest BCUT2D eigenvalue weighted by Crippen LogP contribution is 2.09. The lowest BCUT2D eigenvalue weighted by molar-refractivity contribution is 0.281. The van der Waals surface area contributed by atoms with Gasteiger partial charge in [-0.25, -0.2) is 13.1 Å². The van der Waals surface area contributed by atoms with Crippen LogP contribution in [0.15, 0.2) is 41.6 Å². The number of sulfonamides is 1. The van der Waals surface area contributed by atoms with E-state index in [1.807, 2.05) is 0 Å². The van der Waals surface area contributed by atoms with Crippen LogP contribution in [0.5, 0.6) is 0 Å². The van der Waals surface area contributed by atoms with E-state index in [9.17, 15) is 8.42 Å². The molecule has 0 amide bonds. The molecule has 0 spiro atoms. The molecule has 0 unspecified atom stereocenters. The summed E-state index contributed by atoms with van der Waals surface area (Å²) in [7, 11) is -2.01. The number of nitrogens with zero attached hydrogens (tertiary/aromatic N) is 2. The largest absolute Gasteiger partial charge is 0.392 e. The van der Waals surface area contributed by atoms with E-state index in [-0.39, 0.29) is 18.2 Å². The van der Waals surface area contributed by atoms with Gasteiger partial charge in [-0.05, 0) is 17.2 Å². The van der Waals surface area contributed by atoms with Crippen LogP contribution >= 0.6 is 0 Å². The molecule has 7 heteroatoms. The number of rotatable bonds is 5. The van der Waals surface area contributed by atoms with Crippen LogP contribution in [0.4, 0.5) is 0 Å². The van der Waals surface area contributed by atoms with Crippen molar-refractivity contribution in [1.82, 2.24) is 14.5 Å². The molecule has 2 N–H and O–H groups in total. The van der Waals surface area contributed by atoms with Gasteiger partial charge in [-0.15, -0.1) is 0 Å². The van der Waals surface area contributed by atoms with E-state index >= 15 is 0 Å². The topological polar surface area (TPSA) is 84.2 Å². The van der Waals surface area contributed by atoms with Crippen LogP contribution in [-0.2, 0) is 30.2 Å². The number of aromatic nitrogens is 2. The summed E-state index contributed by atoms with van der Waals surface area (Å²) in [6.45, 7) is 0.101. The summed E-state index contributed by atoms with van der Waals surface area (Å²) in [4.78, 5) is 0. The molecule has 0 atom stereocenters. The lowest BCUT2D eigenvalue weighted by atomic mass is 10.1. The first-order chi connectivity index (χ1) is 9.03. The van der Waals surface area contributed by atoms with E-state index in [1.165, 1.54) is 16.9 Å². The molecule has 0 radical (unpaired) electrons. The van der Waals surface area contributed by atoms with Crippen LogP contribution in [-0.4, -0.2) is 23.3 Å². The van der Waals surface area contributed by atoms with Gasteiger partial charge in [0, 0.05) is 13.6 Å². The third kappa shape index (κ3) is 3.19. The second-order valence-electron chi connectivity index (χ2n) is 4.10. The fraction of sp³-hybridized carbons (Fsp3) is 0.250. The molecule has 0 aliphatic rings. The number of benzene rings is 1. The molecule has 1 heterocycles. The van der Waals surface area contributed by atoms with Crippen LogP contribution in [0.2, 0.25) is 0 Å². The van der Waals surface area contributed by atoms with Gasteiger partial charge < -0.3 is 5.11 Å². The van der Waals surface area contributed by atoms with E-state index in [2.05, 4.69) is 9.82 Å². The standard InChI is InChI=1S/C12H15N3O3S/c1-15-12(5-6-13-15)19(17,18)14-8-10-3-2-4-11(7-10)9-16/h2-7,14,16H,8-9H2,1H3. The summed E-state index contributed by atoms with van der Waals surface area (Å²) in [6, 6.07) is 8.54. The molecule has 19 heavy (non-hydrogen) atoms. The molecular formula is C12H15N3O3S. The maximum Gasteiger partial charge on any atom is 0.258 e. The van der Waals surface area contributed by atoms with Gasteiger partial charge in [0.1, 0.15) is 0 Å². The van der Waals surface area contributed by atoms with Gasteiger partial charge in [0.05, 0.1) is 12.8 Å². The number of aryl methyl sites for hydroxylation is 1. The maximum atomic E-state index is 12.0. The zero-order valence-corrected chi connectivity index (χ0v) is 11.3. The molecule has 0 bridgehead atoms. The van der Waals surface area contributed by atoms with Crippen molar-refractivity contribution in [3.63, 3.8) is 0 Å². The minimum absolute atomic E-state index is 0.0671. The Morgan fingerprint density at radius 1 is 1.32 bits per heavy atom. The molecule has 2 aromatic rings. The second kappa shape index (κ2) is 5.52. The van der Waals surface area contributed by atoms with Crippen molar-refractivity contribution in [2.75, 3.05) is 0 Å². The highest BCUT2D eigenvalue weighted by atomic mass is 32.2. The van der Waals surface area contributed by atoms with Gasteiger partial charge in [-0.1, -0.05) is 24.3 Å². The quantitative estimate of drug-likeness (QED) is 0.830. The monoisotopic (exact) mass is 281 g/mol. The average Bonchev–Trinajstić information content (AvgIpc) is 2.84. The zero-order valence-electron chi connectivity index (χ0n) is 10.4. The van der Waals surface area contributed by atoms with Gasteiger partial charge >= 0.3 is 0 Å². The fourth-order valence-corrected chi connectivity index (χ4v) is 2.86. The summed E-state index contributed by atoms with van der Waals surface area (Å²) in [5, 5.41) is 13.0. The molecule has 2 rings (SSSR count). The van der Waals surface area contributed by atoms with Crippen molar-refractivity contribution in [1.29, 1.82) is 0 Å². The smallest absolute Gasteiger partial charge is 0.258 e. The van der Waals surface area contributed by atoms with E-state index in [0.29, 0.717) is 0 Å². The number of nitrogens with one attached hydrogen (secondary N) is 1. The predicted octanol–water partition coefficient (Wildman–Crippen LogP) is 0.391. The lowest BCUT2D eigenvalue weighted by Crippen LogP contribution is -2.25. The molecule has 0 aliphatic heterocycles. The summed E-state index contributed by atoms with van der Waals surface area (Å²) in [5.74, 6) is 0. The Labute approximate surface area is 111 Å². The van der Waals surface area contributed by atoms with Gasteiger partial charge in [0.2, 0.25) is 0 Å². The molecule has 102 valence electrons. The third-order valence-corrected chi connectivity index (χ3v) is 4.17. The molecule has 0 saturated carbocycles. The first kappa shape index (κ1) is 13.7. The van der Waals surface area contributed by atoms with E-state index < -0.39 is 10.0 Å². The number of hydrogen-bond acceptors (Lipinski definition) is 4. The fourth-order valence-electron chi connectivity index (χ4n) is 1.72. The van der Waals surface area contributed by atoms with E-state index in [1.54, 1.807) is 31.3 Å². The Balaban J connectivity index is 2.12. The molecule has 0 fully saturated rings. The van der Waals surface area contributed by atoms with Gasteiger partial charge in [0.15, 0.2) is 5.03 Å².